The van der Waals surface area contributed by atoms with Crippen molar-refractivity contribution in [1.82, 2.24) is 14.7 Å². The van der Waals surface area contributed by atoms with E-state index in [-0.39, 0.29) is 88.0 Å². The molecular formula is C21H22FKN3O2-. The molecule has 0 bridgehead atoms. The first-order valence-electron chi connectivity index (χ1n) is 8.16. The van der Waals surface area contributed by atoms with Crippen molar-refractivity contribution in [3.8, 4) is 11.3 Å². The van der Waals surface area contributed by atoms with Crippen molar-refractivity contribution in [2.45, 2.75) is 20.3 Å². The molecule has 142 valence electrons. The Balaban J connectivity index is 0.00000196. The Morgan fingerprint density at radius 1 is 1.25 bits per heavy atom. The van der Waals surface area contributed by atoms with E-state index in [9.17, 15) is 14.0 Å². The number of imidazole rings is 1. The van der Waals surface area contributed by atoms with Crippen molar-refractivity contribution in [3.63, 3.8) is 0 Å². The number of Topliss-reactive ketones (excluding diaryl/α,β-unsaturated/α-hetero) is 1. The zero-order valence-corrected chi connectivity index (χ0v) is 20.0. The molecule has 0 aliphatic carbocycles. The van der Waals surface area contributed by atoms with E-state index in [0.717, 1.165) is 5.56 Å². The predicted octanol–water partition coefficient (Wildman–Crippen LogP) is 0.517. The van der Waals surface area contributed by atoms with E-state index in [2.05, 4.69) is 17.2 Å². The van der Waals surface area contributed by atoms with Crippen LogP contribution in [0, 0.1) is 34.0 Å². The van der Waals surface area contributed by atoms with Crippen molar-refractivity contribution in [3.05, 3.63) is 73.0 Å². The largest absolute Gasteiger partial charge is 1.00 e. The van der Waals surface area contributed by atoms with Gasteiger partial charge < -0.3 is 28.9 Å². The van der Waals surface area contributed by atoms with Gasteiger partial charge in [-0.05, 0) is 49.2 Å². The van der Waals surface area contributed by atoms with Crippen molar-refractivity contribution in [2.24, 2.45) is 0 Å². The molecule has 0 radical (unpaired) electrons. The first kappa shape index (κ1) is 24.5. The molecule has 2 aromatic heterocycles. The zero-order chi connectivity index (χ0) is 19.0. The van der Waals surface area contributed by atoms with Crippen molar-refractivity contribution in [2.75, 3.05) is 7.05 Å². The Morgan fingerprint density at radius 2 is 1.93 bits per heavy atom. The molecule has 0 saturated heterocycles. The Morgan fingerprint density at radius 3 is 2.50 bits per heavy atom. The van der Waals surface area contributed by atoms with Gasteiger partial charge in [-0.25, -0.2) is 9.37 Å². The van der Waals surface area contributed by atoms with Gasteiger partial charge in [-0.2, -0.15) is 0 Å². The molecule has 3 rings (SSSR count). The molecule has 1 amide bonds. The average molecular weight is 407 g/mol. The molecule has 0 atom stereocenters. The topological polar surface area (TPSA) is 63.5 Å². The van der Waals surface area contributed by atoms with Crippen LogP contribution in [0.15, 0.2) is 30.5 Å². The number of pyridine rings is 1. The second-order valence-electron chi connectivity index (χ2n) is 6.28. The first-order chi connectivity index (χ1) is 12.3. The molecule has 0 unspecified atom stereocenters. The second kappa shape index (κ2) is 9.80. The van der Waals surface area contributed by atoms with Crippen LogP contribution in [0.4, 0.5) is 4.39 Å². The van der Waals surface area contributed by atoms with Crippen molar-refractivity contribution < 1.29 is 65.4 Å². The Kier molecular flexibility index (Phi) is 8.58. The molecule has 7 heteroatoms. The van der Waals surface area contributed by atoms with Gasteiger partial charge in [0.05, 0.1) is 11.4 Å². The van der Waals surface area contributed by atoms with Gasteiger partial charge in [0.25, 0.3) is 5.91 Å². The fraction of sp³-hybridized carbons (Fsp3) is 0.190. The molecule has 1 N–H and O–H groups in total. The van der Waals surface area contributed by atoms with Gasteiger partial charge in [0.1, 0.15) is 11.5 Å². The van der Waals surface area contributed by atoms with E-state index < -0.39 is 5.82 Å². The molecule has 0 spiro atoms. The summed E-state index contributed by atoms with van der Waals surface area (Å²) in [4.78, 5) is 28.0. The normalized spacial score (nSPS) is 10.1. The summed E-state index contributed by atoms with van der Waals surface area (Å²) in [6.07, 6.45) is 1.85. The molecule has 0 saturated carbocycles. The third-order valence-corrected chi connectivity index (χ3v) is 4.26. The zero-order valence-electron chi connectivity index (χ0n) is 16.9. The van der Waals surface area contributed by atoms with Crippen molar-refractivity contribution in [1.29, 1.82) is 0 Å². The molecule has 2 heterocycles. The standard InChI is InChI=1S/C20H19FN3O2.CH3.K/c1-11-5-6-24-16(9-13(3)25)19(23-17(24)7-11)18-12(2)8-14(10-15(18)21)20(26)22-4;;/h5-8,10H,3,9H2,1-2,4H3,(H,22,26);1H3;/q2*-1;+1. The van der Waals surface area contributed by atoms with Crippen molar-refractivity contribution >= 4 is 17.3 Å². The van der Waals surface area contributed by atoms with Gasteiger partial charge in [-0.3, -0.25) is 4.79 Å². The molecule has 28 heavy (non-hydrogen) atoms. The summed E-state index contributed by atoms with van der Waals surface area (Å²) in [6, 6.07) is 6.56. The van der Waals surface area contributed by atoms with Gasteiger partial charge in [0.15, 0.2) is 0 Å². The maximum atomic E-state index is 14.9. The molecule has 3 aromatic rings. The van der Waals surface area contributed by atoms with E-state index in [0.29, 0.717) is 22.6 Å². The number of ketones is 1. The summed E-state index contributed by atoms with van der Waals surface area (Å²) in [5.41, 5.74) is 3.71. The van der Waals surface area contributed by atoms with Crippen LogP contribution in [0.3, 0.4) is 0 Å². The van der Waals surface area contributed by atoms with E-state index in [1.54, 1.807) is 17.4 Å². The minimum Gasteiger partial charge on any atom is -0.358 e. The number of carbonyl (C=O) groups excluding carboxylic acids is 2. The average Bonchev–Trinajstić information content (AvgIpc) is 2.90. The van der Waals surface area contributed by atoms with Crippen LogP contribution in [-0.2, 0) is 11.2 Å². The molecule has 5 nitrogen and oxygen atoms in total. The molecular weight excluding hydrogens is 384 g/mol. The Hall–Kier alpha value is -1.51. The van der Waals surface area contributed by atoms with E-state index >= 15 is 0 Å². The monoisotopic (exact) mass is 406 g/mol. The van der Waals surface area contributed by atoms with Crippen LogP contribution >= 0.6 is 0 Å². The third kappa shape index (κ3) is 4.72. The number of amides is 1. The summed E-state index contributed by atoms with van der Waals surface area (Å²) >= 11 is 0. The maximum Gasteiger partial charge on any atom is 1.00 e. The Bertz CT molecular complexity index is 1020. The van der Waals surface area contributed by atoms with Crippen LogP contribution in [0.25, 0.3) is 16.9 Å². The first-order valence-corrected chi connectivity index (χ1v) is 8.16. The number of rotatable bonds is 4. The fourth-order valence-electron chi connectivity index (χ4n) is 3.07. The predicted molar refractivity (Wildman–Crippen MR) is 104 cm³/mol. The summed E-state index contributed by atoms with van der Waals surface area (Å²) in [5.74, 6) is -1.20. The number of benzene rings is 1. The number of aryl methyl sites for hydroxylation is 2. The molecule has 0 fully saturated rings. The van der Waals surface area contributed by atoms with Gasteiger partial charge in [0.2, 0.25) is 0 Å². The maximum absolute atomic E-state index is 14.9. The van der Waals surface area contributed by atoms with Gasteiger partial charge in [-0.1, -0.05) is 0 Å². The number of carbonyl (C=O) groups is 2. The van der Waals surface area contributed by atoms with Crippen LogP contribution < -0.4 is 56.7 Å². The number of aromatic nitrogens is 2. The Labute approximate surface area is 207 Å². The fourth-order valence-corrected chi connectivity index (χ4v) is 3.07. The molecule has 1 aromatic carbocycles. The SMILES string of the molecule is [CH2-]C(=O)Cc1c(-c2c(C)cc(C(=O)NC)cc2F)nc2cc(C)ccn12.[CH3-].[K+]. The van der Waals surface area contributed by atoms with Crippen LogP contribution in [0.1, 0.15) is 27.2 Å². The third-order valence-electron chi connectivity index (χ3n) is 4.26. The minimum absolute atomic E-state index is 0. The smallest absolute Gasteiger partial charge is 0.358 e. The van der Waals surface area contributed by atoms with Gasteiger partial charge in [-0.15, -0.1) is 0 Å². The summed E-state index contributed by atoms with van der Waals surface area (Å²) < 4.78 is 16.7. The second-order valence-corrected chi connectivity index (χ2v) is 6.28. The summed E-state index contributed by atoms with van der Waals surface area (Å²) in [5, 5.41) is 2.48. The summed E-state index contributed by atoms with van der Waals surface area (Å²) in [6.45, 7) is 7.09. The molecule has 0 aliphatic rings. The summed E-state index contributed by atoms with van der Waals surface area (Å²) in [7, 11) is 1.49. The number of hydrogen-bond donors (Lipinski definition) is 1. The number of fused-ring (bicyclic) bond motifs is 1. The molecule has 0 aliphatic heterocycles. The van der Waals surface area contributed by atoms with E-state index in [4.69, 9.17) is 0 Å². The number of nitrogens with one attached hydrogen (secondary N) is 1. The quantitative estimate of drug-likeness (QED) is 0.508. The van der Waals surface area contributed by atoms with Crippen LogP contribution in [-0.4, -0.2) is 28.1 Å². The number of halogens is 1. The van der Waals surface area contributed by atoms with E-state index in [1.165, 1.54) is 13.1 Å². The van der Waals surface area contributed by atoms with Gasteiger partial charge >= 0.3 is 51.4 Å². The van der Waals surface area contributed by atoms with Gasteiger partial charge in [0, 0.05) is 36.6 Å². The minimum atomic E-state index is -0.554. The number of hydrogen-bond acceptors (Lipinski definition) is 3. The van der Waals surface area contributed by atoms with Crippen LogP contribution in [0.2, 0.25) is 0 Å². The number of nitrogens with zero attached hydrogens (tertiary/aromatic N) is 2. The van der Waals surface area contributed by atoms with E-state index in [1.807, 2.05) is 25.3 Å². The van der Waals surface area contributed by atoms with Crippen LogP contribution in [0.5, 0.6) is 0 Å².